The van der Waals surface area contributed by atoms with Crippen LogP contribution in [0.15, 0.2) is 40.2 Å². The van der Waals surface area contributed by atoms with Gasteiger partial charge >= 0.3 is 5.69 Å². The fourth-order valence-electron chi connectivity index (χ4n) is 4.71. The Bertz CT molecular complexity index is 1370. The average molecular weight is 501 g/mol. The first-order chi connectivity index (χ1) is 17.0. The summed E-state index contributed by atoms with van der Waals surface area (Å²) in [7, 11) is 4.72. The van der Waals surface area contributed by atoms with E-state index in [1.165, 1.54) is 34.5 Å². The van der Waals surface area contributed by atoms with Gasteiger partial charge in [-0.25, -0.2) is 9.78 Å². The van der Waals surface area contributed by atoms with Crippen LogP contribution in [0.3, 0.4) is 0 Å². The Morgan fingerprint density at radius 1 is 1.19 bits per heavy atom. The summed E-state index contributed by atoms with van der Waals surface area (Å²) in [6, 6.07) is 5.91. The number of aryl methyl sites for hydroxylation is 1. The number of hydrogen-bond acceptors (Lipinski definition) is 8. The lowest BCUT2D eigenvalue weighted by atomic mass is 9.91. The van der Waals surface area contributed by atoms with E-state index in [1.54, 1.807) is 31.2 Å². The van der Waals surface area contributed by atoms with Crippen molar-refractivity contribution in [2.75, 3.05) is 33.3 Å². The number of rotatable bonds is 6. The first-order valence-corrected chi connectivity index (χ1v) is 11.7. The van der Waals surface area contributed by atoms with Crippen molar-refractivity contribution in [2.45, 2.75) is 31.1 Å². The molecule has 1 saturated heterocycles. The van der Waals surface area contributed by atoms with Gasteiger partial charge in [-0.2, -0.15) is 0 Å². The number of aliphatic hydroxyl groups is 2. The maximum atomic E-state index is 13.4. The minimum Gasteiger partial charge on any atom is -0.492 e. The number of aliphatic hydroxyl groups excluding tert-OH is 1. The molecule has 12 nitrogen and oxygen atoms in total. The Balaban J connectivity index is 1.69. The van der Waals surface area contributed by atoms with Gasteiger partial charge < -0.3 is 29.7 Å². The van der Waals surface area contributed by atoms with Crippen LogP contribution in [-0.2, 0) is 14.1 Å². The monoisotopic (exact) mass is 500 g/mol. The molecule has 2 aromatic heterocycles. The number of benzene rings is 1. The molecule has 4 rings (SSSR count). The predicted octanol–water partition coefficient (Wildman–Crippen LogP) is -0.769. The molecule has 12 heteroatoms. The number of fused-ring (bicyclic) bond motifs is 1. The molecule has 1 fully saturated rings. The van der Waals surface area contributed by atoms with Crippen molar-refractivity contribution in [3.63, 3.8) is 0 Å². The highest BCUT2D eigenvalue weighted by Crippen LogP contribution is 2.33. The molecule has 3 atom stereocenters. The predicted molar refractivity (Wildman–Crippen MR) is 132 cm³/mol. The molecule has 0 radical (unpaired) electrons. The lowest BCUT2D eigenvalue weighted by Crippen LogP contribution is -2.44. The van der Waals surface area contributed by atoms with Gasteiger partial charge in [-0.15, -0.1) is 0 Å². The Morgan fingerprint density at radius 3 is 2.56 bits per heavy atom. The summed E-state index contributed by atoms with van der Waals surface area (Å²) in [5.41, 5.74) is -1.84. The minimum absolute atomic E-state index is 0.00896. The fourth-order valence-corrected chi connectivity index (χ4v) is 4.71. The van der Waals surface area contributed by atoms with Crippen LogP contribution in [0.5, 0.6) is 5.75 Å². The van der Waals surface area contributed by atoms with Gasteiger partial charge in [0, 0.05) is 45.7 Å². The molecule has 3 aromatic rings. The molecule has 1 aliphatic heterocycles. The molecule has 0 bridgehead atoms. The van der Waals surface area contributed by atoms with E-state index in [0.717, 1.165) is 4.57 Å². The molecule has 1 aromatic carbocycles. The summed E-state index contributed by atoms with van der Waals surface area (Å²) in [4.78, 5) is 44.5. The average Bonchev–Trinajstić information content (AvgIpc) is 3.23. The third-order valence-corrected chi connectivity index (χ3v) is 6.71. The summed E-state index contributed by atoms with van der Waals surface area (Å²) in [6.45, 7) is 2.76. The highest BCUT2D eigenvalue weighted by Gasteiger charge is 2.42. The number of imidazole rings is 1. The standard InChI is InChI=1S/C24H32N6O6/c1-24(35)11-16(31)12-29(21(32)15-5-7-17(8-6-15)36-10-9-25-2)13-18(24)30-14-26-20-19(30)22(33)28(4)23(34)27(20)3/h5-8,14,16,18,25,31,35H,9-13H2,1-4H3/t16-,18+,24+/m1/s1. The van der Waals surface area contributed by atoms with E-state index in [4.69, 9.17) is 4.74 Å². The van der Waals surface area contributed by atoms with E-state index < -0.39 is 29.0 Å². The molecular weight excluding hydrogens is 468 g/mol. The quantitative estimate of drug-likeness (QED) is 0.375. The van der Waals surface area contributed by atoms with E-state index in [1.807, 2.05) is 7.05 Å². The van der Waals surface area contributed by atoms with Crippen molar-refractivity contribution in [1.82, 2.24) is 28.9 Å². The zero-order valence-electron chi connectivity index (χ0n) is 20.8. The third-order valence-electron chi connectivity index (χ3n) is 6.71. The SMILES string of the molecule is CNCCOc1ccc(C(=O)N2C[C@H](O)C[C@](C)(O)[C@@H](n3cnc4c3c(=O)n(C)c(=O)n4C)C2)cc1. The molecular formula is C24H32N6O6. The van der Waals surface area contributed by atoms with Gasteiger partial charge in [0.15, 0.2) is 11.2 Å². The largest absolute Gasteiger partial charge is 0.492 e. The van der Waals surface area contributed by atoms with E-state index in [0.29, 0.717) is 24.5 Å². The highest BCUT2D eigenvalue weighted by molar-refractivity contribution is 5.94. The van der Waals surface area contributed by atoms with Crippen molar-refractivity contribution >= 4 is 17.1 Å². The lowest BCUT2D eigenvalue weighted by Gasteiger charge is -2.34. The van der Waals surface area contributed by atoms with Gasteiger partial charge in [0.2, 0.25) is 0 Å². The van der Waals surface area contributed by atoms with Crippen molar-refractivity contribution < 1.29 is 19.7 Å². The van der Waals surface area contributed by atoms with Gasteiger partial charge in [-0.1, -0.05) is 0 Å². The summed E-state index contributed by atoms with van der Waals surface area (Å²) in [6.07, 6.45) is 0.383. The zero-order chi connectivity index (χ0) is 26.2. The summed E-state index contributed by atoms with van der Waals surface area (Å²) >= 11 is 0. The maximum absolute atomic E-state index is 13.4. The molecule has 0 unspecified atom stereocenters. The number of aromatic nitrogens is 4. The molecule has 0 spiro atoms. The topological polar surface area (TPSA) is 144 Å². The molecule has 194 valence electrons. The highest BCUT2D eigenvalue weighted by atomic mass is 16.5. The van der Waals surface area contributed by atoms with Crippen LogP contribution in [0.2, 0.25) is 0 Å². The Kier molecular flexibility index (Phi) is 7.03. The number of hydrogen-bond donors (Lipinski definition) is 3. The lowest BCUT2D eigenvalue weighted by molar-refractivity contribution is -0.0216. The number of carbonyl (C=O) groups excluding carboxylic acids is 1. The van der Waals surface area contributed by atoms with E-state index in [-0.39, 0.29) is 36.6 Å². The van der Waals surface area contributed by atoms with Crippen LogP contribution in [0, 0.1) is 0 Å². The number of likely N-dealkylation sites (N-methyl/N-ethyl adjacent to an activating group) is 1. The second kappa shape index (κ2) is 9.88. The zero-order valence-corrected chi connectivity index (χ0v) is 20.8. The number of nitrogens with one attached hydrogen (secondary N) is 1. The van der Waals surface area contributed by atoms with Crippen LogP contribution < -0.4 is 21.3 Å². The third kappa shape index (κ3) is 4.66. The first kappa shape index (κ1) is 25.6. The van der Waals surface area contributed by atoms with Gasteiger partial charge in [-0.05, 0) is 38.2 Å². The smallest absolute Gasteiger partial charge is 0.332 e. The van der Waals surface area contributed by atoms with Gasteiger partial charge in [0.25, 0.3) is 11.5 Å². The fraction of sp³-hybridized carbons (Fsp3) is 0.500. The van der Waals surface area contributed by atoms with Crippen molar-refractivity contribution in [3.8, 4) is 5.75 Å². The maximum Gasteiger partial charge on any atom is 0.332 e. The molecule has 36 heavy (non-hydrogen) atoms. The molecule has 3 N–H and O–H groups in total. The normalized spacial score (nSPS) is 22.6. The van der Waals surface area contributed by atoms with Gasteiger partial charge in [-0.3, -0.25) is 18.7 Å². The van der Waals surface area contributed by atoms with E-state index in [2.05, 4.69) is 10.3 Å². The molecule has 3 heterocycles. The Labute approximate surface area is 207 Å². The Morgan fingerprint density at radius 2 is 1.89 bits per heavy atom. The second-order valence-electron chi connectivity index (χ2n) is 9.45. The van der Waals surface area contributed by atoms with Crippen LogP contribution in [-0.4, -0.2) is 84.7 Å². The Hall–Kier alpha value is -3.48. The van der Waals surface area contributed by atoms with Crippen molar-refractivity contribution in [3.05, 3.63) is 57.0 Å². The number of nitrogens with zero attached hydrogens (tertiary/aromatic N) is 5. The number of amides is 1. The summed E-state index contributed by atoms with van der Waals surface area (Å²) in [5, 5.41) is 25.0. The number of likely N-dealkylation sites (tertiary alicyclic amines) is 1. The van der Waals surface area contributed by atoms with E-state index in [9.17, 15) is 24.6 Å². The first-order valence-electron chi connectivity index (χ1n) is 11.7. The minimum atomic E-state index is -1.48. The van der Waals surface area contributed by atoms with Crippen molar-refractivity contribution in [2.24, 2.45) is 14.1 Å². The summed E-state index contributed by atoms with van der Waals surface area (Å²) in [5.74, 6) is 0.299. The number of β-amino-alcohol motifs (C(OH)–C–C–N with tert-alkyl or cyclic N) is 1. The van der Waals surface area contributed by atoms with Gasteiger partial charge in [0.05, 0.1) is 24.1 Å². The molecule has 0 saturated carbocycles. The van der Waals surface area contributed by atoms with Crippen LogP contribution in [0.4, 0.5) is 0 Å². The molecule has 0 aliphatic carbocycles. The molecule has 1 amide bonds. The van der Waals surface area contributed by atoms with Crippen LogP contribution in [0.1, 0.15) is 29.7 Å². The van der Waals surface area contributed by atoms with Crippen molar-refractivity contribution in [1.29, 1.82) is 0 Å². The second-order valence-corrected chi connectivity index (χ2v) is 9.45. The van der Waals surface area contributed by atoms with E-state index >= 15 is 0 Å². The van der Waals surface area contributed by atoms with Crippen LogP contribution >= 0.6 is 0 Å². The number of carbonyl (C=O) groups is 1. The van der Waals surface area contributed by atoms with Gasteiger partial charge in [0.1, 0.15) is 12.4 Å². The number of ether oxygens (including phenoxy) is 1. The molecule has 1 aliphatic rings. The summed E-state index contributed by atoms with van der Waals surface area (Å²) < 4.78 is 9.35. The van der Waals surface area contributed by atoms with Crippen LogP contribution in [0.25, 0.3) is 11.2 Å².